The molecule has 0 aliphatic carbocycles. The number of non-ortho nitro benzene ring substituents is 1. The van der Waals surface area contributed by atoms with Gasteiger partial charge in [-0.1, -0.05) is 6.07 Å². The Morgan fingerprint density at radius 2 is 1.97 bits per heavy atom. The molecular weight excluding hydrogens is 426 g/mol. The van der Waals surface area contributed by atoms with Gasteiger partial charge in [0.05, 0.1) is 16.7 Å². The van der Waals surface area contributed by atoms with Gasteiger partial charge in [0.25, 0.3) is 5.69 Å². The number of nitrogens with one attached hydrogen (secondary N) is 1. The standard InChI is InChI=1S/C23H25N5O3S/c1-26(2)14-5-15-27-22(21(25-23(27)32)18-6-3-4-13-24-18)20-12-11-19(31-20)16-7-9-17(10-8-16)28(29)30/h3-4,6-13,21-22H,5,14-15H2,1-2H3,(H,25,32). The van der Waals surface area contributed by atoms with E-state index in [4.69, 9.17) is 16.6 Å². The van der Waals surface area contributed by atoms with Gasteiger partial charge >= 0.3 is 0 Å². The zero-order valence-electron chi connectivity index (χ0n) is 18.0. The van der Waals surface area contributed by atoms with Crippen molar-refractivity contribution in [2.75, 3.05) is 27.2 Å². The number of hydrogen-bond donors (Lipinski definition) is 1. The predicted octanol–water partition coefficient (Wildman–Crippen LogP) is 4.17. The van der Waals surface area contributed by atoms with Gasteiger partial charge in [-0.3, -0.25) is 15.1 Å². The highest BCUT2D eigenvalue weighted by Gasteiger charge is 2.41. The molecule has 0 amide bonds. The molecule has 1 aromatic carbocycles. The average Bonchev–Trinajstić information content (AvgIpc) is 3.39. The molecule has 1 fully saturated rings. The van der Waals surface area contributed by atoms with Crippen LogP contribution < -0.4 is 5.32 Å². The van der Waals surface area contributed by atoms with Crippen molar-refractivity contribution >= 4 is 23.0 Å². The van der Waals surface area contributed by atoms with E-state index in [1.165, 1.54) is 12.1 Å². The molecule has 9 heteroatoms. The maximum Gasteiger partial charge on any atom is 0.269 e. The third kappa shape index (κ3) is 4.63. The Balaban J connectivity index is 1.64. The number of furan rings is 1. The van der Waals surface area contributed by atoms with Crippen LogP contribution in [0.1, 0.15) is 30.0 Å². The van der Waals surface area contributed by atoms with Crippen LogP contribution in [0.4, 0.5) is 5.69 Å². The van der Waals surface area contributed by atoms with Gasteiger partial charge in [0.15, 0.2) is 5.11 Å². The average molecular weight is 452 g/mol. The lowest BCUT2D eigenvalue weighted by Crippen LogP contribution is -2.32. The van der Waals surface area contributed by atoms with Crippen LogP contribution in [-0.4, -0.2) is 52.0 Å². The van der Waals surface area contributed by atoms with Crippen LogP contribution in [0.2, 0.25) is 0 Å². The number of nitro benzene ring substituents is 1. The monoisotopic (exact) mass is 451 g/mol. The van der Waals surface area contributed by atoms with Crippen LogP contribution in [-0.2, 0) is 0 Å². The fourth-order valence-electron chi connectivity index (χ4n) is 3.93. The molecule has 3 aromatic rings. The van der Waals surface area contributed by atoms with Gasteiger partial charge in [0, 0.05) is 30.4 Å². The van der Waals surface area contributed by atoms with Gasteiger partial charge < -0.3 is 19.5 Å². The summed E-state index contributed by atoms with van der Waals surface area (Å²) in [6, 6.07) is 15.7. The first-order valence-electron chi connectivity index (χ1n) is 10.4. The summed E-state index contributed by atoms with van der Waals surface area (Å²) in [5.74, 6) is 1.42. The molecule has 0 spiro atoms. The molecule has 2 aromatic heterocycles. The maximum absolute atomic E-state index is 10.9. The minimum Gasteiger partial charge on any atom is -0.459 e. The van der Waals surface area contributed by atoms with Gasteiger partial charge in [-0.05, 0) is 75.7 Å². The van der Waals surface area contributed by atoms with Gasteiger partial charge in [0.1, 0.15) is 17.6 Å². The molecule has 166 valence electrons. The quantitative estimate of drug-likeness (QED) is 0.310. The number of benzene rings is 1. The zero-order valence-corrected chi connectivity index (χ0v) is 18.8. The molecule has 8 nitrogen and oxygen atoms in total. The highest BCUT2D eigenvalue weighted by atomic mass is 32.1. The number of nitro groups is 1. The molecule has 1 aliphatic rings. The van der Waals surface area contributed by atoms with E-state index in [0.29, 0.717) is 10.9 Å². The summed E-state index contributed by atoms with van der Waals surface area (Å²) in [6.45, 7) is 1.73. The first kappa shape index (κ1) is 21.9. The van der Waals surface area contributed by atoms with Crippen LogP contribution >= 0.6 is 12.2 Å². The van der Waals surface area contributed by atoms with Crippen LogP contribution in [0.3, 0.4) is 0 Å². The Labute approximate surface area is 192 Å². The van der Waals surface area contributed by atoms with Crippen molar-refractivity contribution < 1.29 is 9.34 Å². The molecule has 2 atom stereocenters. The Morgan fingerprint density at radius 3 is 2.62 bits per heavy atom. The van der Waals surface area contributed by atoms with Crippen molar-refractivity contribution in [2.45, 2.75) is 18.5 Å². The van der Waals surface area contributed by atoms with Crippen LogP contribution in [0.25, 0.3) is 11.3 Å². The minimum absolute atomic E-state index is 0.0492. The second-order valence-corrected chi connectivity index (χ2v) is 8.37. The SMILES string of the molecule is CN(C)CCCN1C(=S)NC(c2ccccn2)C1c1ccc(-c2ccc([N+](=O)[O-])cc2)o1. The number of rotatable bonds is 8. The van der Waals surface area contributed by atoms with E-state index in [0.717, 1.165) is 36.5 Å². The normalized spacial score (nSPS) is 18.2. The Kier molecular flexibility index (Phi) is 6.48. The van der Waals surface area contributed by atoms with E-state index in [9.17, 15) is 10.1 Å². The van der Waals surface area contributed by atoms with Crippen molar-refractivity contribution in [3.8, 4) is 11.3 Å². The summed E-state index contributed by atoms with van der Waals surface area (Å²) < 4.78 is 6.26. The summed E-state index contributed by atoms with van der Waals surface area (Å²) in [6.07, 6.45) is 2.73. The number of nitrogens with zero attached hydrogens (tertiary/aromatic N) is 4. The highest BCUT2D eigenvalue weighted by molar-refractivity contribution is 7.80. The number of hydrogen-bond acceptors (Lipinski definition) is 6. The molecule has 0 saturated carbocycles. The molecule has 1 N–H and O–H groups in total. The van der Waals surface area contributed by atoms with E-state index >= 15 is 0 Å². The maximum atomic E-state index is 10.9. The molecule has 1 saturated heterocycles. The van der Waals surface area contributed by atoms with Crippen molar-refractivity contribution in [2.24, 2.45) is 0 Å². The van der Waals surface area contributed by atoms with Crippen LogP contribution in [0.15, 0.2) is 65.2 Å². The summed E-state index contributed by atoms with van der Waals surface area (Å²) >= 11 is 5.68. The fraction of sp³-hybridized carbons (Fsp3) is 0.304. The number of pyridine rings is 1. The third-order valence-corrected chi connectivity index (χ3v) is 5.84. The predicted molar refractivity (Wildman–Crippen MR) is 126 cm³/mol. The number of aromatic nitrogens is 1. The second kappa shape index (κ2) is 9.46. The second-order valence-electron chi connectivity index (χ2n) is 7.98. The lowest BCUT2D eigenvalue weighted by atomic mass is 10.0. The molecular formula is C23H25N5O3S. The van der Waals surface area contributed by atoms with E-state index in [-0.39, 0.29) is 17.8 Å². The lowest BCUT2D eigenvalue weighted by molar-refractivity contribution is -0.384. The summed E-state index contributed by atoms with van der Waals surface area (Å²) in [4.78, 5) is 19.4. The van der Waals surface area contributed by atoms with Crippen LogP contribution in [0, 0.1) is 10.1 Å². The van der Waals surface area contributed by atoms with E-state index in [2.05, 4.69) is 34.2 Å². The first-order valence-corrected chi connectivity index (χ1v) is 10.8. The Bertz CT molecular complexity index is 1080. The molecule has 4 rings (SSSR count). The third-order valence-electron chi connectivity index (χ3n) is 5.48. The van der Waals surface area contributed by atoms with E-state index < -0.39 is 4.92 Å². The highest BCUT2D eigenvalue weighted by Crippen LogP contribution is 2.40. The van der Waals surface area contributed by atoms with Crippen molar-refractivity contribution in [1.29, 1.82) is 0 Å². The fourth-order valence-corrected chi connectivity index (χ4v) is 4.26. The topological polar surface area (TPSA) is 87.7 Å². The summed E-state index contributed by atoms with van der Waals surface area (Å²) in [7, 11) is 4.11. The van der Waals surface area contributed by atoms with E-state index in [1.807, 2.05) is 30.3 Å². The Morgan fingerprint density at radius 1 is 1.19 bits per heavy atom. The molecule has 0 bridgehead atoms. The van der Waals surface area contributed by atoms with Gasteiger partial charge in [-0.2, -0.15) is 0 Å². The molecule has 1 aliphatic heterocycles. The van der Waals surface area contributed by atoms with Crippen molar-refractivity contribution in [1.82, 2.24) is 20.1 Å². The smallest absolute Gasteiger partial charge is 0.269 e. The van der Waals surface area contributed by atoms with Gasteiger partial charge in [-0.25, -0.2) is 0 Å². The zero-order chi connectivity index (χ0) is 22.7. The first-order chi connectivity index (χ1) is 15.4. The van der Waals surface area contributed by atoms with Gasteiger partial charge in [-0.15, -0.1) is 0 Å². The molecule has 3 heterocycles. The number of thiocarbonyl (C=S) groups is 1. The van der Waals surface area contributed by atoms with E-state index in [1.54, 1.807) is 18.3 Å². The van der Waals surface area contributed by atoms with Crippen molar-refractivity contribution in [3.05, 3.63) is 82.4 Å². The molecule has 2 unspecified atom stereocenters. The summed E-state index contributed by atoms with van der Waals surface area (Å²) in [5.41, 5.74) is 1.72. The largest absolute Gasteiger partial charge is 0.459 e. The summed E-state index contributed by atoms with van der Waals surface area (Å²) in [5, 5.41) is 15.0. The Hall–Kier alpha value is -3.30. The van der Waals surface area contributed by atoms with Crippen LogP contribution in [0.5, 0.6) is 0 Å². The minimum atomic E-state index is -0.411. The lowest BCUT2D eigenvalue weighted by Gasteiger charge is -2.26. The molecule has 32 heavy (non-hydrogen) atoms. The van der Waals surface area contributed by atoms with Crippen molar-refractivity contribution in [3.63, 3.8) is 0 Å². The van der Waals surface area contributed by atoms with Gasteiger partial charge in [0.2, 0.25) is 0 Å². The molecule has 0 radical (unpaired) electrons.